The van der Waals surface area contributed by atoms with Gasteiger partial charge in [-0.2, -0.15) is 0 Å². The Morgan fingerprint density at radius 3 is 2.80 bits per heavy atom. The molecular formula is C9H15N3OS2. The third-order valence-corrected chi connectivity index (χ3v) is 4.37. The van der Waals surface area contributed by atoms with Crippen molar-refractivity contribution in [1.82, 2.24) is 10.6 Å². The van der Waals surface area contributed by atoms with Gasteiger partial charge in [-0.25, -0.2) is 0 Å². The number of hydrogen-bond donors (Lipinski definition) is 2. The number of carbonyl (C=O) groups excluding carboxylic acids is 1. The molecule has 0 spiro atoms. The van der Waals surface area contributed by atoms with Gasteiger partial charge in [-0.1, -0.05) is 35.4 Å². The van der Waals surface area contributed by atoms with Gasteiger partial charge in [0.15, 0.2) is 11.7 Å². The first kappa shape index (κ1) is 11.1. The van der Waals surface area contributed by atoms with Crippen LogP contribution in [0.5, 0.6) is 0 Å². The molecule has 0 aromatic heterocycles. The van der Waals surface area contributed by atoms with Crippen LogP contribution in [0.3, 0.4) is 0 Å². The summed E-state index contributed by atoms with van der Waals surface area (Å²) in [5, 5.41) is 6.33. The third-order valence-electron chi connectivity index (χ3n) is 2.36. The molecule has 0 unspecified atom stereocenters. The van der Waals surface area contributed by atoms with Crippen molar-refractivity contribution in [2.45, 2.75) is 24.5 Å². The molecule has 6 heteroatoms. The Hall–Kier alpha value is -0.360. The predicted molar refractivity (Wildman–Crippen MR) is 66.0 cm³/mol. The highest BCUT2D eigenvalue weighted by molar-refractivity contribution is 8.93. The average molecular weight is 245 g/mol. The number of rotatable bonds is 4. The van der Waals surface area contributed by atoms with Gasteiger partial charge in [0.25, 0.3) is 0 Å². The van der Waals surface area contributed by atoms with Crippen molar-refractivity contribution in [3.63, 3.8) is 0 Å². The number of ketones is 1. The molecule has 0 saturated carbocycles. The van der Waals surface area contributed by atoms with Crippen molar-refractivity contribution in [3.05, 3.63) is 0 Å². The first-order chi connectivity index (χ1) is 7.18. The molecule has 1 saturated heterocycles. The van der Waals surface area contributed by atoms with E-state index in [1.165, 1.54) is 0 Å². The first-order valence-corrected chi connectivity index (χ1v) is 7.37. The van der Waals surface area contributed by atoms with Crippen LogP contribution in [-0.4, -0.2) is 35.5 Å². The fourth-order valence-electron chi connectivity index (χ4n) is 1.48. The molecule has 0 bridgehead atoms. The summed E-state index contributed by atoms with van der Waals surface area (Å²) in [4.78, 5) is 16.2. The lowest BCUT2D eigenvalue weighted by Gasteiger charge is -2.21. The van der Waals surface area contributed by atoms with Gasteiger partial charge in [-0.3, -0.25) is 9.79 Å². The van der Waals surface area contributed by atoms with Crippen LogP contribution in [-0.2, 0) is 4.79 Å². The highest BCUT2D eigenvalue weighted by atomic mass is 33.2. The van der Waals surface area contributed by atoms with E-state index in [0.29, 0.717) is 5.92 Å². The summed E-state index contributed by atoms with van der Waals surface area (Å²) in [6.07, 6.45) is 0. The van der Waals surface area contributed by atoms with Gasteiger partial charge in [0.2, 0.25) is 0 Å². The highest BCUT2D eigenvalue weighted by Crippen LogP contribution is 2.54. The molecule has 15 heavy (non-hydrogen) atoms. The second kappa shape index (κ2) is 4.65. The topological polar surface area (TPSA) is 53.5 Å². The normalized spacial score (nSPS) is 22.2. The quantitative estimate of drug-likeness (QED) is 0.568. The van der Waals surface area contributed by atoms with Crippen molar-refractivity contribution < 1.29 is 4.79 Å². The molecule has 0 aromatic carbocycles. The van der Waals surface area contributed by atoms with Crippen molar-refractivity contribution in [3.8, 4) is 0 Å². The summed E-state index contributed by atoms with van der Waals surface area (Å²) in [5.74, 6) is 1.36. The standard InChI is InChI=1S/C9H15N3OS2/c1-5(2)6(7(13)8-14-15-8)12-9-10-3-4-11-9/h5-6,8H,3-4H2,1-2H3,(H2,10,11,12)/t6-/m1/s1. The fourth-order valence-corrected chi connectivity index (χ4v) is 2.75. The molecule has 1 atom stereocenters. The van der Waals surface area contributed by atoms with Crippen LogP contribution in [0.15, 0.2) is 4.99 Å². The third kappa shape index (κ3) is 2.81. The van der Waals surface area contributed by atoms with Gasteiger partial charge in [-0.15, -0.1) is 0 Å². The second-order valence-electron chi connectivity index (χ2n) is 3.95. The summed E-state index contributed by atoms with van der Waals surface area (Å²) in [6.45, 7) is 5.79. The van der Waals surface area contributed by atoms with Gasteiger partial charge >= 0.3 is 0 Å². The van der Waals surface area contributed by atoms with E-state index in [1.54, 1.807) is 21.6 Å². The lowest BCUT2D eigenvalue weighted by molar-refractivity contribution is -0.119. The molecule has 4 nitrogen and oxygen atoms in total. The van der Waals surface area contributed by atoms with Crippen molar-refractivity contribution >= 4 is 33.3 Å². The van der Waals surface area contributed by atoms with Crippen molar-refractivity contribution in [1.29, 1.82) is 0 Å². The summed E-state index contributed by atoms with van der Waals surface area (Å²) >= 11 is 0. The molecule has 0 aliphatic carbocycles. The summed E-state index contributed by atoms with van der Waals surface area (Å²) in [5.41, 5.74) is 0. The maximum absolute atomic E-state index is 11.9. The number of hydrogen-bond acceptors (Lipinski definition) is 6. The highest BCUT2D eigenvalue weighted by Gasteiger charge is 2.39. The number of carbonyl (C=O) groups is 1. The molecule has 2 N–H and O–H groups in total. The van der Waals surface area contributed by atoms with Crippen molar-refractivity contribution in [2.24, 2.45) is 10.9 Å². The maximum atomic E-state index is 11.9. The minimum atomic E-state index is -0.109. The molecule has 0 amide bonds. The van der Waals surface area contributed by atoms with E-state index >= 15 is 0 Å². The van der Waals surface area contributed by atoms with Crippen LogP contribution in [0.25, 0.3) is 0 Å². The summed E-state index contributed by atoms with van der Waals surface area (Å²) in [7, 11) is 3.29. The molecule has 2 rings (SSSR count). The average Bonchev–Trinajstić information content (AvgIpc) is 2.92. The van der Waals surface area contributed by atoms with Crippen LogP contribution >= 0.6 is 21.6 Å². The zero-order valence-corrected chi connectivity index (χ0v) is 10.5. The van der Waals surface area contributed by atoms with E-state index in [9.17, 15) is 4.79 Å². The van der Waals surface area contributed by atoms with Crippen LogP contribution in [0.4, 0.5) is 0 Å². The smallest absolute Gasteiger partial charge is 0.191 e. The first-order valence-electron chi connectivity index (χ1n) is 5.09. The van der Waals surface area contributed by atoms with Crippen LogP contribution in [0.1, 0.15) is 13.8 Å². The Balaban J connectivity index is 1.95. The number of nitrogens with one attached hydrogen (secondary N) is 2. The molecule has 2 aliphatic heterocycles. The molecule has 84 valence electrons. The Labute approximate surface area is 97.4 Å². The predicted octanol–water partition coefficient (Wildman–Crippen LogP) is 0.850. The molecule has 1 fully saturated rings. The Morgan fingerprint density at radius 1 is 1.60 bits per heavy atom. The van der Waals surface area contributed by atoms with Gasteiger partial charge < -0.3 is 10.6 Å². The molecule has 2 heterocycles. The van der Waals surface area contributed by atoms with Gasteiger partial charge in [0.1, 0.15) is 4.58 Å². The molecule has 0 radical (unpaired) electrons. The van der Waals surface area contributed by atoms with E-state index in [2.05, 4.69) is 29.5 Å². The molecular weight excluding hydrogens is 230 g/mol. The largest absolute Gasteiger partial charge is 0.355 e. The van der Waals surface area contributed by atoms with Gasteiger partial charge in [-0.05, 0) is 5.92 Å². The lowest BCUT2D eigenvalue weighted by Crippen LogP contribution is -2.49. The minimum Gasteiger partial charge on any atom is -0.355 e. The second-order valence-corrected chi connectivity index (χ2v) is 6.73. The van der Waals surface area contributed by atoms with Crippen molar-refractivity contribution in [2.75, 3.05) is 13.1 Å². The SMILES string of the molecule is CC(C)[C@@H](NC1=NCCN1)C(=O)C1SS1. The van der Waals surface area contributed by atoms with E-state index in [4.69, 9.17) is 0 Å². The maximum Gasteiger partial charge on any atom is 0.191 e. The number of aliphatic imine (C=N–C) groups is 1. The molecule has 2 aliphatic rings. The zero-order valence-electron chi connectivity index (χ0n) is 8.82. The summed E-state index contributed by atoms with van der Waals surface area (Å²) < 4.78 is 0.145. The Bertz CT molecular complexity index is 289. The monoisotopic (exact) mass is 245 g/mol. The van der Waals surface area contributed by atoms with E-state index in [0.717, 1.165) is 19.0 Å². The Morgan fingerprint density at radius 2 is 2.33 bits per heavy atom. The van der Waals surface area contributed by atoms with E-state index in [-0.39, 0.29) is 16.4 Å². The summed E-state index contributed by atoms with van der Waals surface area (Å²) in [6, 6.07) is -0.109. The zero-order chi connectivity index (χ0) is 10.8. The number of nitrogens with zero attached hydrogens (tertiary/aromatic N) is 1. The van der Waals surface area contributed by atoms with Crippen LogP contribution in [0, 0.1) is 5.92 Å². The van der Waals surface area contributed by atoms with Crippen LogP contribution in [0.2, 0.25) is 0 Å². The lowest BCUT2D eigenvalue weighted by atomic mass is 10.0. The van der Waals surface area contributed by atoms with E-state index in [1.807, 2.05) is 0 Å². The molecule has 0 aromatic rings. The van der Waals surface area contributed by atoms with Crippen LogP contribution < -0.4 is 10.6 Å². The fraction of sp³-hybridized carbons (Fsp3) is 0.778. The van der Waals surface area contributed by atoms with Gasteiger partial charge in [0, 0.05) is 6.54 Å². The number of guanidine groups is 1. The number of Topliss-reactive ketones (excluding diaryl/α,β-unsaturated/α-hetero) is 1. The Kier molecular flexibility index (Phi) is 3.45. The minimum absolute atomic E-state index is 0.109. The van der Waals surface area contributed by atoms with E-state index < -0.39 is 0 Å². The van der Waals surface area contributed by atoms with Gasteiger partial charge in [0.05, 0.1) is 12.6 Å².